The number of hydrogen-bond donors (Lipinski definition) is 1. The fourth-order valence-electron chi connectivity index (χ4n) is 2.82. The Morgan fingerprint density at radius 1 is 1.25 bits per heavy atom. The molecule has 0 amide bonds. The maximum absolute atomic E-state index is 5.96. The van der Waals surface area contributed by atoms with Crippen LogP contribution in [-0.4, -0.2) is 37.0 Å². The Bertz CT molecular complexity index is 653. The number of methoxy groups -OCH3 is 1. The van der Waals surface area contributed by atoms with E-state index in [9.17, 15) is 0 Å². The molecular formula is C17H23N3O4. The third kappa shape index (κ3) is 3.75. The molecule has 7 nitrogen and oxygen atoms in total. The molecule has 7 heteroatoms. The fourth-order valence-corrected chi connectivity index (χ4v) is 2.82. The molecule has 0 spiro atoms. The van der Waals surface area contributed by atoms with Crippen molar-refractivity contribution in [1.29, 1.82) is 0 Å². The Kier molecular flexibility index (Phi) is 5.44. The SMILES string of the molecule is COc1cccc(COCc2noc(C3(CN)CCOCC3)n2)c1. The molecule has 2 heterocycles. The second kappa shape index (κ2) is 7.74. The van der Waals surface area contributed by atoms with E-state index in [1.165, 1.54) is 0 Å². The van der Waals surface area contributed by atoms with Crippen molar-refractivity contribution in [1.82, 2.24) is 10.1 Å². The molecule has 3 rings (SSSR count). The standard InChI is InChI=1S/C17H23N3O4/c1-21-14-4-2-3-13(9-14)10-23-11-15-19-16(24-20-15)17(12-18)5-7-22-8-6-17/h2-4,9H,5-8,10-12,18H2,1H3. The lowest BCUT2D eigenvalue weighted by atomic mass is 9.80. The minimum Gasteiger partial charge on any atom is -0.497 e. The van der Waals surface area contributed by atoms with E-state index in [2.05, 4.69) is 10.1 Å². The van der Waals surface area contributed by atoms with Gasteiger partial charge in [0, 0.05) is 19.8 Å². The third-order valence-corrected chi connectivity index (χ3v) is 4.40. The maximum atomic E-state index is 5.96. The van der Waals surface area contributed by atoms with Crippen LogP contribution in [0.25, 0.3) is 0 Å². The summed E-state index contributed by atoms with van der Waals surface area (Å²) in [5, 5.41) is 4.02. The largest absolute Gasteiger partial charge is 0.497 e. The van der Waals surface area contributed by atoms with Crippen molar-refractivity contribution in [3.05, 3.63) is 41.5 Å². The van der Waals surface area contributed by atoms with Crippen LogP contribution >= 0.6 is 0 Å². The zero-order valence-corrected chi connectivity index (χ0v) is 13.9. The average Bonchev–Trinajstić information content (AvgIpc) is 3.12. The van der Waals surface area contributed by atoms with Crippen LogP contribution in [0.1, 0.15) is 30.1 Å². The summed E-state index contributed by atoms with van der Waals surface area (Å²) in [7, 11) is 1.64. The quantitative estimate of drug-likeness (QED) is 0.826. The number of ether oxygens (including phenoxy) is 3. The van der Waals surface area contributed by atoms with E-state index >= 15 is 0 Å². The van der Waals surface area contributed by atoms with Gasteiger partial charge in [0.15, 0.2) is 5.82 Å². The van der Waals surface area contributed by atoms with Crippen LogP contribution in [0.4, 0.5) is 0 Å². The molecule has 1 saturated heterocycles. The first-order valence-corrected chi connectivity index (χ1v) is 8.07. The van der Waals surface area contributed by atoms with Gasteiger partial charge in [0.25, 0.3) is 0 Å². The third-order valence-electron chi connectivity index (χ3n) is 4.40. The molecule has 1 aromatic carbocycles. The van der Waals surface area contributed by atoms with Gasteiger partial charge in [-0.25, -0.2) is 0 Å². The van der Waals surface area contributed by atoms with E-state index < -0.39 is 0 Å². The Hall–Kier alpha value is -1.96. The van der Waals surface area contributed by atoms with Crippen LogP contribution < -0.4 is 10.5 Å². The van der Waals surface area contributed by atoms with Crippen LogP contribution in [0.15, 0.2) is 28.8 Å². The minimum absolute atomic E-state index is 0.268. The van der Waals surface area contributed by atoms with Crippen molar-refractivity contribution < 1.29 is 18.7 Å². The molecule has 0 saturated carbocycles. The smallest absolute Gasteiger partial charge is 0.234 e. The molecule has 0 aliphatic carbocycles. The number of nitrogens with two attached hydrogens (primary N) is 1. The van der Waals surface area contributed by atoms with Gasteiger partial charge in [0.05, 0.1) is 19.1 Å². The van der Waals surface area contributed by atoms with Crippen molar-refractivity contribution in [3.63, 3.8) is 0 Å². The van der Waals surface area contributed by atoms with Gasteiger partial charge in [0.2, 0.25) is 5.89 Å². The van der Waals surface area contributed by atoms with Crippen molar-refractivity contribution in [2.45, 2.75) is 31.5 Å². The normalized spacial score (nSPS) is 16.9. The Labute approximate surface area is 141 Å². The van der Waals surface area contributed by atoms with Gasteiger partial charge < -0.3 is 24.5 Å². The summed E-state index contributed by atoms with van der Waals surface area (Å²) in [5.74, 6) is 1.93. The molecule has 0 bridgehead atoms. The lowest BCUT2D eigenvalue weighted by molar-refractivity contribution is 0.0408. The number of aromatic nitrogens is 2. The van der Waals surface area contributed by atoms with Gasteiger partial charge in [-0.3, -0.25) is 0 Å². The maximum Gasteiger partial charge on any atom is 0.234 e. The molecule has 1 aliphatic rings. The summed E-state index contributed by atoms with van der Waals surface area (Å²) < 4.78 is 21.7. The summed E-state index contributed by atoms with van der Waals surface area (Å²) >= 11 is 0. The molecule has 130 valence electrons. The molecule has 2 aromatic rings. The summed E-state index contributed by atoms with van der Waals surface area (Å²) in [4.78, 5) is 4.48. The molecule has 0 unspecified atom stereocenters. The monoisotopic (exact) mass is 333 g/mol. The van der Waals surface area contributed by atoms with E-state index in [1.807, 2.05) is 24.3 Å². The molecule has 2 N–H and O–H groups in total. The molecule has 1 aliphatic heterocycles. The number of rotatable bonds is 7. The highest BCUT2D eigenvalue weighted by Crippen LogP contribution is 2.32. The van der Waals surface area contributed by atoms with Gasteiger partial charge in [-0.2, -0.15) is 4.98 Å². The van der Waals surface area contributed by atoms with E-state index in [1.54, 1.807) is 7.11 Å². The molecular weight excluding hydrogens is 310 g/mol. The Balaban J connectivity index is 1.57. The van der Waals surface area contributed by atoms with Crippen molar-refractivity contribution in [3.8, 4) is 5.75 Å². The van der Waals surface area contributed by atoms with E-state index in [0.717, 1.165) is 24.2 Å². The zero-order chi connectivity index (χ0) is 16.8. The van der Waals surface area contributed by atoms with Gasteiger partial charge in [-0.1, -0.05) is 17.3 Å². The summed E-state index contributed by atoms with van der Waals surface area (Å²) in [6, 6.07) is 7.75. The summed E-state index contributed by atoms with van der Waals surface area (Å²) in [6.45, 7) is 2.56. The van der Waals surface area contributed by atoms with Crippen molar-refractivity contribution in [2.24, 2.45) is 5.73 Å². The molecule has 0 radical (unpaired) electrons. The molecule has 24 heavy (non-hydrogen) atoms. The summed E-state index contributed by atoms with van der Waals surface area (Å²) in [5.41, 5.74) is 6.72. The Morgan fingerprint density at radius 2 is 2.08 bits per heavy atom. The highest BCUT2D eigenvalue weighted by atomic mass is 16.5. The van der Waals surface area contributed by atoms with E-state index in [4.69, 9.17) is 24.5 Å². The first kappa shape index (κ1) is 16.9. The first-order valence-electron chi connectivity index (χ1n) is 8.07. The van der Waals surface area contributed by atoms with Gasteiger partial charge in [0.1, 0.15) is 12.4 Å². The van der Waals surface area contributed by atoms with Crippen molar-refractivity contribution >= 4 is 0 Å². The zero-order valence-electron chi connectivity index (χ0n) is 13.9. The van der Waals surface area contributed by atoms with Crippen LogP contribution in [0.5, 0.6) is 5.75 Å². The molecule has 0 atom stereocenters. The lowest BCUT2D eigenvalue weighted by Crippen LogP contribution is -2.40. The van der Waals surface area contributed by atoms with Gasteiger partial charge in [-0.05, 0) is 30.5 Å². The van der Waals surface area contributed by atoms with Crippen LogP contribution in [-0.2, 0) is 28.1 Å². The van der Waals surface area contributed by atoms with E-state index in [0.29, 0.717) is 38.1 Å². The lowest BCUT2D eigenvalue weighted by Gasteiger charge is -2.32. The van der Waals surface area contributed by atoms with Crippen LogP contribution in [0.3, 0.4) is 0 Å². The summed E-state index contributed by atoms with van der Waals surface area (Å²) in [6.07, 6.45) is 1.60. The first-order chi connectivity index (χ1) is 11.8. The fraction of sp³-hybridized carbons (Fsp3) is 0.529. The van der Waals surface area contributed by atoms with E-state index in [-0.39, 0.29) is 12.0 Å². The number of hydrogen-bond acceptors (Lipinski definition) is 7. The second-order valence-electron chi connectivity index (χ2n) is 5.96. The highest BCUT2D eigenvalue weighted by molar-refractivity contribution is 5.27. The number of nitrogens with zero attached hydrogens (tertiary/aromatic N) is 2. The average molecular weight is 333 g/mol. The second-order valence-corrected chi connectivity index (χ2v) is 5.96. The number of benzene rings is 1. The predicted octanol–water partition coefficient (Wildman–Crippen LogP) is 1.80. The topological polar surface area (TPSA) is 92.6 Å². The highest BCUT2D eigenvalue weighted by Gasteiger charge is 2.38. The Morgan fingerprint density at radius 3 is 2.83 bits per heavy atom. The van der Waals surface area contributed by atoms with Crippen LogP contribution in [0.2, 0.25) is 0 Å². The minimum atomic E-state index is -0.268. The van der Waals surface area contributed by atoms with Gasteiger partial charge >= 0.3 is 0 Å². The molecule has 1 fully saturated rings. The molecule has 1 aromatic heterocycles. The van der Waals surface area contributed by atoms with Gasteiger partial charge in [-0.15, -0.1) is 0 Å². The van der Waals surface area contributed by atoms with Crippen molar-refractivity contribution in [2.75, 3.05) is 26.9 Å². The predicted molar refractivity (Wildman–Crippen MR) is 86.6 cm³/mol. The van der Waals surface area contributed by atoms with Crippen LogP contribution in [0, 0.1) is 0 Å².